The normalized spacial score (nSPS) is 9.65. The van der Waals surface area contributed by atoms with E-state index in [1.807, 2.05) is 6.07 Å². The predicted molar refractivity (Wildman–Crippen MR) is 70.2 cm³/mol. The van der Waals surface area contributed by atoms with E-state index >= 15 is 0 Å². The lowest BCUT2D eigenvalue weighted by molar-refractivity contribution is 0.559. The Balaban J connectivity index is 2.18. The zero-order chi connectivity index (χ0) is 12.3. The average molecular weight is 263 g/mol. The van der Waals surface area contributed by atoms with Gasteiger partial charge in [-0.1, -0.05) is 23.8 Å². The van der Waals surface area contributed by atoms with Crippen LogP contribution in [-0.4, -0.2) is 4.99 Å². The Hall–Kier alpha value is -1.83. The van der Waals surface area contributed by atoms with Crippen LogP contribution >= 0.6 is 23.8 Å². The molecule has 0 fully saturated rings. The SMILES string of the molecule is N#Cc1ccc(NC(=S)c2ccco2)cc1Cl. The van der Waals surface area contributed by atoms with Crippen LogP contribution in [-0.2, 0) is 0 Å². The van der Waals surface area contributed by atoms with Crippen LogP contribution < -0.4 is 5.32 Å². The third kappa shape index (κ3) is 2.64. The first kappa shape index (κ1) is 11.6. The molecule has 0 unspecified atom stereocenters. The highest BCUT2D eigenvalue weighted by Crippen LogP contribution is 2.20. The Labute approximate surface area is 109 Å². The number of anilines is 1. The number of furan rings is 1. The van der Waals surface area contributed by atoms with Crippen molar-refractivity contribution in [1.82, 2.24) is 0 Å². The van der Waals surface area contributed by atoms with Crippen LogP contribution in [0.5, 0.6) is 0 Å². The number of thiocarbonyl (C=S) groups is 1. The number of halogens is 1. The lowest BCUT2D eigenvalue weighted by Crippen LogP contribution is -2.09. The molecule has 0 aliphatic heterocycles. The summed E-state index contributed by atoms with van der Waals surface area (Å²) in [5, 5.41) is 12.1. The molecular weight excluding hydrogens is 256 g/mol. The summed E-state index contributed by atoms with van der Waals surface area (Å²) in [7, 11) is 0. The number of hydrogen-bond acceptors (Lipinski definition) is 3. The molecule has 1 aromatic carbocycles. The third-order valence-corrected chi connectivity index (χ3v) is 2.71. The van der Waals surface area contributed by atoms with Gasteiger partial charge in [-0.15, -0.1) is 0 Å². The van der Waals surface area contributed by atoms with Gasteiger partial charge in [-0.25, -0.2) is 0 Å². The van der Waals surface area contributed by atoms with Crippen molar-refractivity contribution in [3.63, 3.8) is 0 Å². The van der Waals surface area contributed by atoms with Crippen molar-refractivity contribution in [1.29, 1.82) is 5.26 Å². The molecule has 1 N–H and O–H groups in total. The summed E-state index contributed by atoms with van der Waals surface area (Å²) in [5.41, 5.74) is 1.15. The fraction of sp³-hybridized carbons (Fsp3) is 0. The maximum atomic E-state index is 8.75. The van der Waals surface area contributed by atoms with Gasteiger partial charge in [0.25, 0.3) is 0 Å². The average Bonchev–Trinajstić information content (AvgIpc) is 2.82. The van der Waals surface area contributed by atoms with Crippen molar-refractivity contribution in [2.75, 3.05) is 5.32 Å². The number of nitrogens with one attached hydrogen (secondary N) is 1. The van der Waals surface area contributed by atoms with Gasteiger partial charge in [0.1, 0.15) is 11.1 Å². The zero-order valence-corrected chi connectivity index (χ0v) is 10.2. The highest BCUT2D eigenvalue weighted by molar-refractivity contribution is 7.81. The predicted octanol–water partition coefficient (Wildman–Crippen LogP) is 3.59. The van der Waals surface area contributed by atoms with Crippen molar-refractivity contribution < 1.29 is 4.42 Å². The molecule has 0 saturated heterocycles. The van der Waals surface area contributed by atoms with E-state index in [0.717, 1.165) is 5.69 Å². The van der Waals surface area contributed by atoms with Crippen LogP contribution in [0.1, 0.15) is 11.3 Å². The topological polar surface area (TPSA) is 49.0 Å². The Bertz CT molecular complexity index is 587. The number of hydrogen-bond donors (Lipinski definition) is 1. The van der Waals surface area contributed by atoms with Gasteiger partial charge in [0.2, 0.25) is 0 Å². The molecule has 0 aliphatic rings. The minimum Gasteiger partial charge on any atom is -0.462 e. The quantitative estimate of drug-likeness (QED) is 0.841. The molecule has 0 aliphatic carbocycles. The molecule has 0 bridgehead atoms. The molecule has 2 aromatic rings. The van der Waals surface area contributed by atoms with Gasteiger partial charge in [0.15, 0.2) is 5.76 Å². The minimum atomic E-state index is 0.389. The lowest BCUT2D eigenvalue weighted by Gasteiger charge is -2.06. The third-order valence-electron chi connectivity index (χ3n) is 2.09. The molecule has 5 heteroatoms. The van der Waals surface area contributed by atoms with Gasteiger partial charge in [0.05, 0.1) is 16.8 Å². The Morgan fingerprint density at radius 3 is 2.82 bits per heavy atom. The summed E-state index contributed by atoms with van der Waals surface area (Å²) in [5.74, 6) is 0.584. The highest BCUT2D eigenvalue weighted by atomic mass is 35.5. The first-order chi connectivity index (χ1) is 8.20. The van der Waals surface area contributed by atoms with Gasteiger partial charge in [0, 0.05) is 5.69 Å². The number of nitriles is 1. The molecule has 0 saturated carbocycles. The smallest absolute Gasteiger partial charge is 0.161 e. The fourth-order valence-corrected chi connectivity index (χ4v) is 1.74. The maximum absolute atomic E-state index is 8.75. The number of rotatable bonds is 2. The van der Waals surface area contributed by atoms with Crippen LogP contribution in [0, 0.1) is 11.3 Å². The summed E-state index contributed by atoms with van der Waals surface area (Å²) in [6, 6.07) is 10.5. The van der Waals surface area contributed by atoms with Crippen molar-refractivity contribution in [2.45, 2.75) is 0 Å². The molecule has 3 nitrogen and oxygen atoms in total. The molecular formula is C12H7ClN2OS. The summed E-state index contributed by atoms with van der Waals surface area (Å²) in [6.07, 6.45) is 1.55. The Morgan fingerprint density at radius 1 is 1.41 bits per heavy atom. The van der Waals surface area contributed by atoms with Crippen molar-refractivity contribution in [3.05, 3.63) is 52.9 Å². The second-order valence-electron chi connectivity index (χ2n) is 3.24. The molecule has 84 valence electrons. The number of nitrogens with zero attached hydrogens (tertiary/aromatic N) is 1. The minimum absolute atomic E-state index is 0.389. The van der Waals surface area contributed by atoms with E-state index in [-0.39, 0.29) is 0 Å². The van der Waals surface area contributed by atoms with Crippen molar-refractivity contribution >= 4 is 34.5 Å². The van der Waals surface area contributed by atoms with Crippen LogP contribution in [0.4, 0.5) is 5.69 Å². The standard InChI is InChI=1S/C12H7ClN2OS/c13-10-6-9(4-3-8(10)7-14)15-12(17)11-2-1-5-16-11/h1-6H,(H,15,17). The van der Waals surface area contributed by atoms with E-state index in [4.69, 9.17) is 33.5 Å². The molecule has 2 rings (SSSR count). The largest absolute Gasteiger partial charge is 0.462 e. The summed E-state index contributed by atoms with van der Waals surface area (Å²) in [6.45, 7) is 0. The zero-order valence-electron chi connectivity index (χ0n) is 8.61. The van der Waals surface area contributed by atoms with E-state index in [1.54, 1.807) is 36.6 Å². The maximum Gasteiger partial charge on any atom is 0.161 e. The summed E-state index contributed by atoms with van der Waals surface area (Å²) >= 11 is 11.1. The van der Waals surface area contributed by atoms with Crippen LogP contribution in [0.15, 0.2) is 41.0 Å². The first-order valence-electron chi connectivity index (χ1n) is 4.75. The molecule has 0 atom stereocenters. The molecule has 17 heavy (non-hydrogen) atoms. The second kappa shape index (κ2) is 5.00. The van der Waals surface area contributed by atoms with Gasteiger partial charge >= 0.3 is 0 Å². The monoisotopic (exact) mass is 262 g/mol. The summed E-state index contributed by atoms with van der Waals surface area (Å²) < 4.78 is 5.15. The van der Waals surface area contributed by atoms with Crippen LogP contribution in [0.25, 0.3) is 0 Å². The van der Waals surface area contributed by atoms with Gasteiger partial charge in [-0.2, -0.15) is 5.26 Å². The summed E-state index contributed by atoms with van der Waals surface area (Å²) in [4.78, 5) is 0.468. The van der Waals surface area contributed by atoms with Gasteiger partial charge in [-0.05, 0) is 30.3 Å². The molecule has 0 radical (unpaired) electrons. The molecule has 1 heterocycles. The Morgan fingerprint density at radius 2 is 2.24 bits per heavy atom. The fourth-order valence-electron chi connectivity index (χ4n) is 1.28. The molecule has 0 amide bonds. The van der Waals surface area contributed by atoms with E-state index in [2.05, 4.69) is 5.32 Å². The second-order valence-corrected chi connectivity index (χ2v) is 4.05. The van der Waals surface area contributed by atoms with E-state index in [1.165, 1.54) is 0 Å². The number of benzene rings is 1. The highest BCUT2D eigenvalue weighted by Gasteiger charge is 2.06. The first-order valence-corrected chi connectivity index (χ1v) is 5.54. The van der Waals surface area contributed by atoms with E-state index < -0.39 is 0 Å². The Kier molecular flexibility index (Phi) is 3.43. The lowest BCUT2D eigenvalue weighted by atomic mass is 10.2. The van der Waals surface area contributed by atoms with E-state index in [9.17, 15) is 0 Å². The van der Waals surface area contributed by atoms with Crippen LogP contribution in [0.2, 0.25) is 5.02 Å². The molecule has 0 spiro atoms. The van der Waals surface area contributed by atoms with Crippen molar-refractivity contribution in [3.8, 4) is 6.07 Å². The van der Waals surface area contributed by atoms with Gasteiger partial charge in [-0.3, -0.25) is 0 Å². The van der Waals surface area contributed by atoms with Gasteiger partial charge < -0.3 is 9.73 Å². The van der Waals surface area contributed by atoms with Crippen LogP contribution in [0.3, 0.4) is 0 Å². The van der Waals surface area contributed by atoms with E-state index in [0.29, 0.717) is 21.3 Å². The van der Waals surface area contributed by atoms with Crippen molar-refractivity contribution in [2.24, 2.45) is 0 Å². The molecule has 1 aromatic heterocycles.